The van der Waals surface area contributed by atoms with Gasteiger partial charge in [-0.05, 0) is 31.0 Å². The van der Waals surface area contributed by atoms with Crippen molar-refractivity contribution in [1.29, 1.82) is 0 Å². The molecule has 4 N–H and O–H groups in total. The SMILES string of the molecule is Nc1c(Nc2cc(Cl)cc(Cl)c2)ncnc1NC1CCCC1. The number of hydrogen-bond donors (Lipinski definition) is 3. The van der Waals surface area contributed by atoms with Gasteiger partial charge in [0.1, 0.15) is 12.0 Å². The van der Waals surface area contributed by atoms with E-state index in [9.17, 15) is 0 Å². The molecule has 0 saturated heterocycles. The summed E-state index contributed by atoms with van der Waals surface area (Å²) in [6.07, 6.45) is 6.28. The molecule has 1 aromatic heterocycles. The Morgan fingerprint density at radius 1 is 1.00 bits per heavy atom. The second-order valence-corrected chi connectivity index (χ2v) is 6.27. The zero-order valence-electron chi connectivity index (χ0n) is 11.9. The standard InChI is InChI=1S/C15H17Cl2N5/c16-9-5-10(17)7-12(6-9)22-15-13(18)14(19-8-20-15)21-11-3-1-2-4-11/h5-8,11H,1-4,18H2,(H2,19,20,21,22). The second kappa shape index (κ2) is 6.58. The zero-order valence-corrected chi connectivity index (χ0v) is 13.5. The number of halogens is 2. The summed E-state index contributed by atoms with van der Waals surface area (Å²) in [5.41, 5.74) is 7.39. The number of nitrogens with one attached hydrogen (secondary N) is 2. The Kier molecular flexibility index (Phi) is 4.55. The fourth-order valence-corrected chi connectivity index (χ4v) is 3.16. The van der Waals surface area contributed by atoms with E-state index in [1.54, 1.807) is 18.2 Å². The first-order valence-corrected chi connectivity index (χ1v) is 7.97. The predicted molar refractivity (Wildman–Crippen MR) is 92.1 cm³/mol. The van der Waals surface area contributed by atoms with Crippen LogP contribution in [-0.4, -0.2) is 16.0 Å². The molecule has 1 heterocycles. The maximum absolute atomic E-state index is 6.17. The normalized spacial score (nSPS) is 15.0. The number of aromatic nitrogens is 2. The molecular weight excluding hydrogens is 321 g/mol. The van der Waals surface area contributed by atoms with Gasteiger partial charge in [0.15, 0.2) is 11.6 Å². The number of anilines is 4. The van der Waals surface area contributed by atoms with E-state index in [4.69, 9.17) is 28.9 Å². The molecular formula is C15H17Cl2N5. The maximum atomic E-state index is 6.17. The highest BCUT2D eigenvalue weighted by Crippen LogP contribution is 2.30. The van der Waals surface area contributed by atoms with Gasteiger partial charge in [-0.15, -0.1) is 0 Å². The van der Waals surface area contributed by atoms with Crippen molar-refractivity contribution in [3.63, 3.8) is 0 Å². The molecule has 116 valence electrons. The molecule has 22 heavy (non-hydrogen) atoms. The van der Waals surface area contributed by atoms with Gasteiger partial charge in [0, 0.05) is 21.8 Å². The maximum Gasteiger partial charge on any atom is 0.159 e. The lowest BCUT2D eigenvalue weighted by molar-refractivity contribution is 0.750. The van der Waals surface area contributed by atoms with Crippen molar-refractivity contribution in [2.24, 2.45) is 0 Å². The minimum absolute atomic E-state index is 0.436. The third kappa shape index (κ3) is 3.54. The van der Waals surface area contributed by atoms with Crippen molar-refractivity contribution in [1.82, 2.24) is 9.97 Å². The summed E-state index contributed by atoms with van der Waals surface area (Å²) in [5.74, 6) is 1.20. The van der Waals surface area contributed by atoms with E-state index in [1.165, 1.54) is 19.2 Å². The van der Waals surface area contributed by atoms with Crippen LogP contribution in [-0.2, 0) is 0 Å². The summed E-state index contributed by atoms with van der Waals surface area (Å²) in [4.78, 5) is 8.43. The third-order valence-corrected chi connectivity index (χ3v) is 4.14. The lowest BCUT2D eigenvalue weighted by atomic mass is 10.2. The monoisotopic (exact) mass is 337 g/mol. The molecule has 7 heteroatoms. The van der Waals surface area contributed by atoms with Crippen LogP contribution in [0.15, 0.2) is 24.5 Å². The molecule has 1 aliphatic rings. The molecule has 1 saturated carbocycles. The Morgan fingerprint density at radius 3 is 2.32 bits per heavy atom. The number of benzene rings is 1. The summed E-state index contributed by atoms with van der Waals surface area (Å²) in [5, 5.41) is 7.62. The summed E-state index contributed by atoms with van der Waals surface area (Å²) >= 11 is 12.0. The second-order valence-electron chi connectivity index (χ2n) is 5.39. The number of nitrogen functional groups attached to an aromatic ring is 1. The predicted octanol–water partition coefficient (Wildman–Crippen LogP) is 4.46. The molecule has 0 radical (unpaired) electrons. The molecule has 0 aliphatic heterocycles. The van der Waals surface area contributed by atoms with Crippen molar-refractivity contribution in [3.8, 4) is 0 Å². The summed E-state index contributed by atoms with van der Waals surface area (Å²) < 4.78 is 0. The van der Waals surface area contributed by atoms with Gasteiger partial charge < -0.3 is 16.4 Å². The molecule has 1 aliphatic carbocycles. The molecule has 5 nitrogen and oxygen atoms in total. The van der Waals surface area contributed by atoms with Crippen LogP contribution >= 0.6 is 23.2 Å². The number of nitrogens with zero attached hydrogens (tertiary/aromatic N) is 2. The molecule has 0 unspecified atom stereocenters. The van der Waals surface area contributed by atoms with E-state index >= 15 is 0 Å². The Bertz CT molecular complexity index is 651. The topological polar surface area (TPSA) is 75.9 Å². The van der Waals surface area contributed by atoms with Crippen molar-refractivity contribution >= 4 is 46.2 Å². The van der Waals surface area contributed by atoms with Crippen molar-refractivity contribution < 1.29 is 0 Å². The molecule has 2 aromatic rings. The molecule has 1 fully saturated rings. The highest BCUT2D eigenvalue weighted by molar-refractivity contribution is 6.35. The summed E-state index contributed by atoms with van der Waals surface area (Å²) in [7, 11) is 0. The lowest BCUT2D eigenvalue weighted by Crippen LogP contribution is -2.17. The van der Waals surface area contributed by atoms with Crippen molar-refractivity contribution in [2.75, 3.05) is 16.4 Å². The van der Waals surface area contributed by atoms with E-state index in [-0.39, 0.29) is 0 Å². The average molecular weight is 338 g/mol. The Balaban J connectivity index is 1.81. The van der Waals surface area contributed by atoms with E-state index in [1.807, 2.05) is 0 Å². The smallest absolute Gasteiger partial charge is 0.159 e. The van der Waals surface area contributed by atoms with Gasteiger partial charge in [-0.25, -0.2) is 9.97 Å². The van der Waals surface area contributed by atoms with Gasteiger partial charge in [0.2, 0.25) is 0 Å². The quantitative estimate of drug-likeness (QED) is 0.767. The van der Waals surface area contributed by atoms with Gasteiger partial charge in [-0.2, -0.15) is 0 Å². The molecule has 3 rings (SSSR count). The Hall–Kier alpha value is -1.72. The minimum atomic E-state index is 0.436. The van der Waals surface area contributed by atoms with Gasteiger partial charge in [0.25, 0.3) is 0 Å². The lowest BCUT2D eigenvalue weighted by Gasteiger charge is -2.16. The molecule has 0 atom stereocenters. The number of hydrogen-bond acceptors (Lipinski definition) is 5. The van der Waals surface area contributed by atoms with Crippen LogP contribution in [0.3, 0.4) is 0 Å². The van der Waals surface area contributed by atoms with E-state index in [0.717, 1.165) is 18.5 Å². The fraction of sp³-hybridized carbons (Fsp3) is 0.333. The Morgan fingerprint density at radius 2 is 1.64 bits per heavy atom. The van der Waals surface area contributed by atoms with E-state index in [0.29, 0.717) is 33.4 Å². The van der Waals surface area contributed by atoms with Crippen LogP contribution in [0.1, 0.15) is 25.7 Å². The van der Waals surface area contributed by atoms with Crippen LogP contribution in [0, 0.1) is 0 Å². The van der Waals surface area contributed by atoms with Crippen LogP contribution in [0.4, 0.5) is 23.0 Å². The number of nitrogens with two attached hydrogens (primary N) is 1. The first-order valence-electron chi connectivity index (χ1n) is 7.22. The highest BCUT2D eigenvalue weighted by atomic mass is 35.5. The van der Waals surface area contributed by atoms with Crippen LogP contribution < -0.4 is 16.4 Å². The number of rotatable bonds is 4. The first kappa shape index (κ1) is 15.2. The Labute approximate surface area is 139 Å². The van der Waals surface area contributed by atoms with Gasteiger partial charge >= 0.3 is 0 Å². The summed E-state index contributed by atoms with van der Waals surface area (Å²) in [6, 6.07) is 5.63. The zero-order chi connectivity index (χ0) is 15.5. The molecule has 0 spiro atoms. The van der Waals surface area contributed by atoms with Crippen molar-refractivity contribution in [3.05, 3.63) is 34.6 Å². The largest absolute Gasteiger partial charge is 0.393 e. The van der Waals surface area contributed by atoms with Gasteiger partial charge in [-0.3, -0.25) is 0 Å². The average Bonchev–Trinajstić information content (AvgIpc) is 2.95. The third-order valence-electron chi connectivity index (χ3n) is 3.71. The highest BCUT2D eigenvalue weighted by Gasteiger charge is 2.17. The van der Waals surface area contributed by atoms with Gasteiger partial charge in [-0.1, -0.05) is 36.0 Å². The van der Waals surface area contributed by atoms with Crippen LogP contribution in [0.5, 0.6) is 0 Å². The summed E-state index contributed by atoms with van der Waals surface area (Å²) in [6.45, 7) is 0. The fourth-order valence-electron chi connectivity index (χ4n) is 2.64. The van der Waals surface area contributed by atoms with E-state index < -0.39 is 0 Å². The first-order chi connectivity index (χ1) is 10.6. The minimum Gasteiger partial charge on any atom is -0.393 e. The van der Waals surface area contributed by atoms with Crippen LogP contribution in [0.2, 0.25) is 10.0 Å². The molecule has 0 amide bonds. The van der Waals surface area contributed by atoms with Gasteiger partial charge in [0.05, 0.1) is 0 Å². The van der Waals surface area contributed by atoms with Crippen LogP contribution in [0.25, 0.3) is 0 Å². The van der Waals surface area contributed by atoms with Crippen molar-refractivity contribution in [2.45, 2.75) is 31.7 Å². The van der Waals surface area contributed by atoms with E-state index in [2.05, 4.69) is 20.6 Å². The molecule has 0 bridgehead atoms. The molecule has 1 aromatic carbocycles.